The van der Waals surface area contributed by atoms with E-state index in [9.17, 15) is 0 Å². The van der Waals surface area contributed by atoms with Crippen molar-refractivity contribution in [2.75, 3.05) is 6.54 Å². The van der Waals surface area contributed by atoms with Gasteiger partial charge in [-0.25, -0.2) is 0 Å². The molecule has 17 heavy (non-hydrogen) atoms. The van der Waals surface area contributed by atoms with Gasteiger partial charge >= 0.3 is 0 Å². The van der Waals surface area contributed by atoms with E-state index in [1.807, 2.05) is 0 Å². The van der Waals surface area contributed by atoms with Crippen molar-refractivity contribution in [1.82, 2.24) is 5.32 Å². The minimum absolute atomic E-state index is 0.767. The standard InChI is InChI=1S/C16H23N/c1-2-6-13(7-3-1)10-15-12-17-11-14-8-4-5-9-16(14)15/h4-5,8-9,13,15,17H,1-3,6-7,10-12H2. The van der Waals surface area contributed by atoms with Crippen LogP contribution >= 0.6 is 0 Å². The van der Waals surface area contributed by atoms with Gasteiger partial charge in [0.1, 0.15) is 0 Å². The van der Waals surface area contributed by atoms with E-state index >= 15 is 0 Å². The molecular weight excluding hydrogens is 206 g/mol. The van der Waals surface area contributed by atoms with E-state index in [1.165, 1.54) is 50.6 Å². The first-order chi connectivity index (χ1) is 8.43. The summed E-state index contributed by atoms with van der Waals surface area (Å²) in [4.78, 5) is 0. The van der Waals surface area contributed by atoms with E-state index in [0.29, 0.717) is 0 Å². The van der Waals surface area contributed by atoms with Crippen molar-refractivity contribution >= 4 is 0 Å². The van der Waals surface area contributed by atoms with Gasteiger partial charge in [-0.3, -0.25) is 0 Å². The minimum atomic E-state index is 0.767. The summed E-state index contributed by atoms with van der Waals surface area (Å²) in [5.74, 6) is 1.75. The van der Waals surface area contributed by atoms with Crippen molar-refractivity contribution in [3.05, 3.63) is 35.4 Å². The second-order valence-corrected chi connectivity index (χ2v) is 5.77. The predicted octanol–water partition coefficient (Wildman–Crippen LogP) is 3.84. The van der Waals surface area contributed by atoms with Crippen LogP contribution in [-0.4, -0.2) is 6.54 Å². The van der Waals surface area contributed by atoms with Crippen LogP contribution in [0.25, 0.3) is 0 Å². The molecule has 1 atom stereocenters. The third kappa shape index (κ3) is 2.55. The highest BCUT2D eigenvalue weighted by molar-refractivity contribution is 5.32. The zero-order valence-corrected chi connectivity index (χ0v) is 10.6. The van der Waals surface area contributed by atoms with Gasteiger partial charge in [0.05, 0.1) is 0 Å². The number of benzene rings is 1. The fourth-order valence-corrected chi connectivity index (χ4v) is 3.62. The van der Waals surface area contributed by atoms with Gasteiger partial charge in [-0.2, -0.15) is 0 Å². The average molecular weight is 229 g/mol. The molecule has 1 unspecified atom stereocenters. The Bertz CT molecular complexity index is 366. The highest BCUT2D eigenvalue weighted by Crippen LogP contribution is 2.35. The maximum atomic E-state index is 3.58. The minimum Gasteiger partial charge on any atom is -0.312 e. The highest BCUT2D eigenvalue weighted by atomic mass is 14.9. The van der Waals surface area contributed by atoms with Crippen molar-refractivity contribution < 1.29 is 0 Å². The molecule has 1 aromatic rings. The summed E-state index contributed by atoms with van der Waals surface area (Å²) in [6.45, 7) is 2.25. The van der Waals surface area contributed by atoms with E-state index < -0.39 is 0 Å². The summed E-state index contributed by atoms with van der Waals surface area (Å²) in [6.07, 6.45) is 8.75. The molecule has 0 saturated heterocycles. The van der Waals surface area contributed by atoms with Crippen molar-refractivity contribution in [3.63, 3.8) is 0 Å². The van der Waals surface area contributed by atoms with Gasteiger partial charge in [-0.1, -0.05) is 56.4 Å². The molecule has 1 aromatic carbocycles. The van der Waals surface area contributed by atoms with Crippen LogP contribution < -0.4 is 5.32 Å². The van der Waals surface area contributed by atoms with Gasteiger partial charge < -0.3 is 5.32 Å². The molecule has 1 fully saturated rings. The van der Waals surface area contributed by atoms with E-state index in [-0.39, 0.29) is 0 Å². The van der Waals surface area contributed by atoms with E-state index in [1.54, 1.807) is 5.56 Å². The first-order valence-electron chi connectivity index (χ1n) is 7.22. The van der Waals surface area contributed by atoms with Crippen LogP contribution in [0.3, 0.4) is 0 Å². The van der Waals surface area contributed by atoms with Crippen LogP contribution in [0.4, 0.5) is 0 Å². The molecule has 0 spiro atoms. The summed E-state index contributed by atoms with van der Waals surface area (Å²) in [5.41, 5.74) is 3.15. The van der Waals surface area contributed by atoms with Crippen molar-refractivity contribution in [1.29, 1.82) is 0 Å². The lowest BCUT2D eigenvalue weighted by Gasteiger charge is -2.31. The zero-order valence-electron chi connectivity index (χ0n) is 10.6. The summed E-state index contributed by atoms with van der Waals surface area (Å²) in [6, 6.07) is 9.01. The van der Waals surface area contributed by atoms with Gasteiger partial charge in [0, 0.05) is 13.1 Å². The topological polar surface area (TPSA) is 12.0 Å². The number of fused-ring (bicyclic) bond motifs is 1. The molecule has 92 valence electrons. The van der Waals surface area contributed by atoms with Crippen LogP contribution in [0.1, 0.15) is 55.6 Å². The van der Waals surface area contributed by atoms with Gasteiger partial charge in [-0.15, -0.1) is 0 Å². The molecule has 3 rings (SSSR count). The first-order valence-corrected chi connectivity index (χ1v) is 7.22. The zero-order chi connectivity index (χ0) is 11.5. The van der Waals surface area contributed by atoms with Crippen LogP contribution in [-0.2, 0) is 6.54 Å². The molecular formula is C16H23N. The Morgan fingerprint density at radius 2 is 1.88 bits per heavy atom. The molecule has 1 aliphatic heterocycles. The number of hydrogen-bond donors (Lipinski definition) is 1. The van der Waals surface area contributed by atoms with Crippen LogP contribution in [0, 0.1) is 5.92 Å². The third-order valence-corrected chi connectivity index (χ3v) is 4.54. The Morgan fingerprint density at radius 1 is 1.06 bits per heavy atom. The fraction of sp³-hybridized carbons (Fsp3) is 0.625. The predicted molar refractivity (Wildman–Crippen MR) is 72.1 cm³/mol. The lowest BCUT2D eigenvalue weighted by atomic mass is 9.78. The molecule has 1 aliphatic carbocycles. The van der Waals surface area contributed by atoms with Gasteiger partial charge in [0.15, 0.2) is 0 Å². The Kier molecular flexibility index (Phi) is 3.46. The smallest absolute Gasteiger partial charge is 0.0208 e. The Morgan fingerprint density at radius 3 is 2.76 bits per heavy atom. The molecule has 0 radical (unpaired) electrons. The molecule has 1 saturated carbocycles. The summed E-state index contributed by atoms with van der Waals surface area (Å²) in [5, 5.41) is 3.58. The Hall–Kier alpha value is -0.820. The monoisotopic (exact) mass is 229 g/mol. The summed E-state index contributed by atoms with van der Waals surface area (Å²) in [7, 11) is 0. The molecule has 1 heteroatoms. The molecule has 1 nitrogen and oxygen atoms in total. The number of nitrogens with one attached hydrogen (secondary N) is 1. The van der Waals surface area contributed by atoms with Crippen LogP contribution in [0.5, 0.6) is 0 Å². The molecule has 2 aliphatic rings. The average Bonchev–Trinajstić information content (AvgIpc) is 2.40. The molecule has 1 N–H and O–H groups in total. The van der Waals surface area contributed by atoms with Gasteiger partial charge in [-0.05, 0) is 29.4 Å². The Balaban J connectivity index is 1.71. The normalized spacial score (nSPS) is 25.5. The molecule has 1 heterocycles. The number of rotatable bonds is 2. The molecule has 0 amide bonds. The second kappa shape index (κ2) is 5.22. The van der Waals surface area contributed by atoms with E-state index in [4.69, 9.17) is 0 Å². The largest absolute Gasteiger partial charge is 0.312 e. The summed E-state index contributed by atoms with van der Waals surface area (Å²) >= 11 is 0. The lowest BCUT2D eigenvalue weighted by Crippen LogP contribution is -2.29. The van der Waals surface area contributed by atoms with Gasteiger partial charge in [0.25, 0.3) is 0 Å². The quantitative estimate of drug-likeness (QED) is 0.812. The first kappa shape index (κ1) is 11.3. The lowest BCUT2D eigenvalue weighted by molar-refractivity contribution is 0.309. The number of hydrogen-bond acceptors (Lipinski definition) is 1. The fourth-order valence-electron chi connectivity index (χ4n) is 3.62. The highest BCUT2D eigenvalue weighted by Gasteiger charge is 2.23. The van der Waals surface area contributed by atoms with Crippen molar-refractivity contribution in [2.24, 2.45) is 5.92 Å². The van der Waals surface area contributed by atoms with Crippen LogP contribution in [0.15, 0.2) is 24.3 Å². The Labute approximate surface area is 105 Å². The summed E-state index contributed by atoms with van der Waals surface area (Å²) < 4.78 is 0. The maximum Gasteiger partial charge on any atom is 0.0208 e. The maximum absolute atomic E-state index is 3.58. The molecule has 0 aromatic heterocycles. The second-order valence-electron chi connectivity index (χ2n) is 5.77. The SMILES string of the molecule is c1ccc2c(c1)CNCC2CC1CCCCC1. The van der Waals surface area contributed by atoms with E-state index in [2.05, 4.69) is 29.6 Å². The third-order valence-electron chi connectivity index (χ3n) is 4.54. The molecule has 0 bridgehead atoms. The van der Waals surface area contributed by atoms with E-state index in [0.717, 1.165) is 18.4 Å². The van der Waals surface area contributed by atoms with Crippen molar-refractivity contribution in [2.45, 2.75) is 51.0 Å². The van der Waals surface area contributed by atoms with Crippen molar-refractivity contribution in [3.8, 4) is 0 Å². The van der Waals surface area contributed by atoms with Gasteiger partial charge in [0.2, 0.25) is 0 Å². The van der Waals surface area contributed by atoms with Crippen LogP contribution in [0.2, 0.25) is 0 Å².